The normalized spacial score (nSPS) is 12.3. The number of thioether (sulfide) groups is 1. The van der Waals surface area contributed by atoms with E-state index in [1.54, 1.807) is 18.9 Å². The van der Waals surface area contributed by atoms with Crippen molar-refractivity contribution >= 4 is 22.7 Å². The van der Waals surface area contributed by atoms with Gasteiger partial charge in [0.1, 0.15) is 5.75 Å². The highest BCUT2D eigenvalue weighted by molar-refractivity contribution is 7.98. The van der Waals surface area contributed by atoms with E-state index in [1.165, 1.54) is 5.56 Å². The average molecular weight is 325 g/mol. The number of methoxy groups -OCH3 is 1. The number of ether oxygens (including phenoxy) is 1. The van der Waals surface area contributed by atoms with Crippen molar-refractivity contribution < 1.29 is 9.84 Å². The topological polar surface area (TPSA) is 42.4 Å². The van der Waals surface area contributed by atoms with Gasteiger partial charge in [-0.05, 0) is 35.4 Å². The zero-order valence-corrected chi connectivity index (χ0v) is 13.8. The van der Waals surface area contributed by atoms with Crippen LogP contribution >= 0.6 is 11.8 Å². The van der Waals surface area contributed by atoms with Crippen LogP contribution in [-0.4, -0.2) is 23.0 Å². The van der Waals surface area contributed by atoms with Crippen molar-refractivity contribution in [3.63, 3.8) is 0 Å². The predicted molar refractivity (Wildman–Crippen MR) is 95.9 cm³/mol. The Morgan fingerprint density at radius 2 is 1.91 bits per heavy atom. The fraction of sp³-hybridized carbons (Fsp3) is 0.211. The lowest BCUT2D eigenvalue weighted by Crippen LogP contribution is -2.01. The van der Waals surface area contributed by atoms with Crippen LogP contribution in [0.3, 0.4) is 0 Å². The molecule has 0 saturated carbocycles. The van der Waals surface area contributed by atoms with Crippen LogP contribution in [0, 0.1) is 0 Å². The Balaban J connectivity index is 1.56. The number of nitrogens with zero attached hydrogens (tertiary/aromatic N) is 1. The van der Waals surface area contributed by atoms with Crippen LogP contribution in [0.1, 0.15) is 17.2 Å². The fourth-order valence-corrected chi connectivity index (χ4v) is 3.33. The number of pyridine rings is 1. The lowest BCUT2D eigenvalue weighted by Gasteiger charge is -2.11. The van der Waals surface area contributed by atoms with E-state index < -0.39 is 6.10 Å². The highest BCUT2D eigenvalue weighted by atomic mass is 32.2. The van der Waals surface area contributed by atoms with Crippen molar-refractivity contribution in [2.24, 2.45) is 0 Å². The largest absolute Gasteiger partial charge is 0.497 e. The molecule has 0 radical (unpaired) electrons. The van der Waals surface area contributed by atoms with Gasteiger partial charge in [-0.1, -0.05) is 30.3 Å². The maximum absolute atomic E-state index is 10.3. The van der Waals surface area contributed by atoms with Gasteiger partial charge < -0.3 is 9.84 Å². The molecule has 0 aliphatic heterocycles. The summed E-state index contributed by atoms with van der Waals surface area (Å²) in [5.74, 6) is 2.29. The third-order valence-electron chi connectivity index (χ3n) is 3.69. The summed E-state index contributed by atoms with van der Waals surface area (Å²) >= 11 is 1.71. The van der Waals surface area contributed by atoms with Crippen molar-refractivity contribution in [3.8, 4) is 5.75 Å². The van der Waals surface area contributed by atoms with E-state index in [0.29, 0.717) is 5.75 Å². The number of aromatic nitrogens is 1. The van der Waals surface area contributed by atoms with Gasteiger partial charge in [-0.25, -0.2) is 0 Å². The first-order valence-corrected chi connectivity index (χ1v) is 8.65. The summed E-state index contributed by atoms with van der Waals surface area (Å²) in [6.45, 7) is 0. The molecule has 118 valence electrons. The fourth-order valence-electron chi connectivity index (χ4n) is 2.41. The second-order valence-electron chi connectivity index (χ2n) is 5.34. The summed E-state index contributed by atoms with van der Waals surface area (Å²) in [5.41, 5.74) is 3.10. The zero-order valence-electron chi connectivity index (χ0n) is 13.0. The van der Waals surface area contributed by atoms with E-state index in [4.69, 9.17) is 4.74 Å². The summed E-state index contributed by atoms with van der Waals surface area (Å²) in [4.78, 5) is 4.47. The lowest BCUT2D eigenvalue weighted by molar-refractivity contribution is 0.204. The molecule has 0 aliphatic carbocycles. The number of aliphatic hydroxyl groups excluding tert-OH is 1. The standard InChI is InChI=1S/C19H19NO2S/c1-22-17-8-6-15(7-9-17)19(21)13-23-12-14-10-16-4-2-3-5-18(16)20-11-14/h2-11,19,21H,12-13H2,1H3. The molecule has 1 N–H and O–H groups in total. The molecule has 1 aromatic heterocycles. The van der Waals surface area contributed by atoms with E-state index in [9.17, 15) is 5.11 Å². The second kappa shape index (κ2) is 7.49. The van der Waals surface area contributed by atoms with Gasteiger partial charge in [-0.3, -0.25) is 4.98 Å². The van der Waals surface area contributed by atoms with E-state index in [1.807, 2.05) is 48.7 Å². The van der Waals surface area contributed by atoms with Crippen LogP contribution in [0.25, 0.3) is 10.9 Å². The molecule has 4 heteroatoms. The van der Waals surface area contributed by atoms with Gasteiger partial charge in [0.05, 0.1) is 18.7 Å². The lowest BCUT2D eigenvalue weighted by atomic mass is 10.1. The van der Waals surface area contributed by atoms with Gasteiger partial charge in [0, 0.05) is 23.1 Å². The van der Waals surface area contributed by atoms with Crippen LogP contribution in [0.4, 0.5) is 0 Å². The van der Waals surface area contributed by atoms with Gasteiger partial charge in [-0.2, -0.15) is 11.8 Å². The molecule has 23 heavy (non-hydrogen) atoms. The number of aliphatic hydroxyl groups is 1. The first-order valence-electron chi connectivity index (χ1n) is 7.49. The number of hydrogen-bond donors (Lipinski definition) is 1. The minimum atomic E-state index is -0.473. The Bertz CT molecular complexity index is 774. The molecule has 2 aromatic carbocycles. The molecule has 0 saturated heterocycles. The Hall–Kier alpha value is -2.04. The number of para-hydroxylation sites is 1. The van der Waals surface area contributed by atoms with Crippen LogP contribution in [0.5, 0.6) is 5.75 Å². The number of fused-ring (bicyclic) bond motifs is 1. The third kappa shape index (κ3) is 4.03. The van der Waals surface area contributed by atoms with Crippen molar-refractivity contribution in [3.05, 3.63) is 71.9 Å². The molecular weight excluding hydrogens is 306 g/mol. The predicted octanol–water partition coefficient (Wildman–Crippen LogP) is 4.21. The quantitative estimate of drug-likeness (QED) is 0.737. The molecule has 3 rings (SSSR count). The Kier molecular flexibility index (Phi) is 5.16. The number of rotatable bonds is 6. The monoisotopic (exact) mass is 325 g/mol. The van der Waals surface area contributed by atoms with Crippen molar-refractivity contribution in [2.45, 2.75) is 11.9 Å². The highest BCUT2D eigenvalue weighted by Crippen LogP contribution is 2.24. The summed E-state index contributed by atoms with van der Waals surface area (Å²) < 4.78 is 5.13. The van der Waals surface area contributed by atoms with Gasteiger partial charge >= 0.3 is 0 Å². The molecule has 0 fully saturated rings. The minimum absolute atomic E-state index is 0.473. The summed E-state index contributed by atoms with van der Waals surface area (Å²) in [7, 11) is 1.64. The maximum Gasteiger partial charge on any atom is 0.118 e. The molecular formula is C19H19NO2S. The van der Waals surface area contributed by atoms with Gasteiger partial charge in [0.25, 0.3) is 0 Å². The summed E-state index contributed by atoms with van der Waals surface area (Å²) in [5, 5.41) is 11.4. The maximum atomic E-state index is 10.3. The van der Waals surface area contributed by atoms with Crippen LogP contribution < -0.4 is 4.74 Å². The van der Waals surface area contributed by atoms with Gasteiger partial charge in [0.2, 0.25) is 0 Å². The molecule has 0 amide bonds. The van der Waals surface area contributed by atoms with E-state index in [2.05, 4.69) is 17.1 Å². The van der Waals surface area contributed by atoms with Crippen LogP contribution in [-0.2, 0) is 5.75 Å². The van der Waals surface area contributed by atoms with E-state index in [-0.39, 0.29) is 0 Å². The number of benzene rings is 2. The Morgan fingerprint density at radius 3 is 2.70 bits per heavy atom. The summed E-state index contributed by atoms with van der Waals surface area (Å²) in [6.07, 6.45) is 1.44. The molecule has 3 aromatic rings. The van der Waals surface area contributed by atoms with Crippen molar-refractivity contribution in [1.82, 2.24) is 4.98 Å². The second-order valence-corrected chi connectivity index (χ2v) is 6.37. The first kappa shape index (κ1) is 15.8. The van der Waals surface area contributed by atoms with Crippen molar-refractivity contribution in [2.75, 3.05) is 12.9 Å². The average Bonchev–Trinajstić information content (AvgIpc) is 2.61. The Labute approximate surface area is 140 Å². The smallest absolute Gasteiger partial charge is 0.118 e. The molecule has 0 bridgehead atoms. The van der Waals surface area contributed by atoms with Gasteiger partial charge in [0.15, 0.2) is 0 Å². The zero-order chi connectivity index (χ0) is 16.1. The molecule has 1 atom stereocenters. The minimum Gasteiger partial charge on any atom is -0.497 e. The van der Waals surface area contributed by atoms with Crippen LogP contribution in [0.2, 0.25) is 0 Å². The van der Waals surface area contributed by atoms with E-state index in [0.717, 1.165) is 28.0 Å². The third-order valence-corrected chi connectivity index (χ3v) is 4.78. The summed E-state index contributed by atoms with van der Waals surface area (Å²) in [6, 6.07) is 17.8. The molecule has 1 heterocycles. The van der Waals surface area contributed by atoms with Crippen LogP contribution in [0.15, 0.2) is 60.8 Å². The first-order chi connectivity index (χ1) is 11.3. The SMILES string of the molecule is COc1ccc(C(O)CSCc2cnc3ccccc3c2)cc1. The molecule has 0 aliphatic rings. The Morgan fingerprint density at radius 1 is 1.13 bits per heavy atom. The van der Waals surface area contributed by atoms with Gasteiger partial charge in [-0.15, -0.1) is 0 Å². The highest BCUT2D eigenvalue weighted by Gasteiger charge is 2.08. The van der Waals surface area contributed by atoms with E-state index >= 15 is 0 Å². The number of hydrogen-bond acceptors (Lipinski definition) is 4. The molecule has 1 unspecified atom stereocenters. The van der Waals surface area contributed by atoms with Crippen molar-refractivity contribution in [1.29, 1.82) is 0 Å². The molecule has 0 spiro atoms. The molecule has 3 nitrogen and oxygen atoms in total.